The van der Waals surface area contributed by atoms with Gasteiger partial charge in [0, 0.05) is 0 Å². The number of carboxylic acids is 1. The number of ether oxygens (including phenoxy) is 1. The molecule has 0 saturated heterocycles. The van der Waals surface area contributed by atoms with Crippen molar-refractivity contribution < 1.29 is 19.7 Å². The van der Waals surface area contributed by atoms with Crippen LogP contribution in [0.2, 0.25) is 0 Å². The zero-order chi connectivity index (χ0) is 6.41. The second kappa shape index (κ2) is 4.14. The Morgan fingerprint density at radius 2 is 2.38 bits per heavy atom. The number of aliphatic hydroxyl groups excluding tert-OH is 1. The van der Waals surface area contributed by atoms with E-state index >= 15 is 0 Å². The lowest BCUT2D eigenvalue weighted by atomic mass is 10.6. The van der Waals surface area contributed by atoms with E-state index in [0.29, 0.717) is 0 Å². The van der Waals surface area contributed by atoms with Gasteiger partial charge < -0.3 is 14.9 Å². The Balaban J connectivity index is 3.20. The van der Waals surface area contributed by atoms with Crippen LogP contribution in [0.25, 0.3) is 0 Å². The maximum atomic E-state index is 9.63. The van der Waals surface area contributed by atoms with E-state index in [0.717, 1.165) is 12.3 Å². The monoisotopic (exact) mass is 118 g/mol. The maximum absolute atomic E-state index is 9.63. The van der Waals surface area contributed by atoms with Gasteiger partial charge in [-0.1, -0.05) is 0 Å². The molecule has 0 radical (unpaired) electrons. The number of carboxylic acid groups (broad SMARTS) is 1. The van der Waals surface area contributed by atoms with Crippen LogP contribution in [0.1, 0.15) is 0 Å². The summed E-state index contributed by atoms with van der Waals surface area (Å²) in [5.74, 6) is -1.10. The van der Waals surface area contributed by atoms with Gasteiger partial charge in [0.2, 0.25) is 0 Å². The molecule has 0 aliphatic heterocycles. The fraction of sp³-hybridized carbons (Fsp3) is 0.250. The predicted molar refractivity (Wildman–Crippen MR) is 24.9 cm³/mol. The van der Waals surface area contributed by atoms with Crippen molar-refractivity contribution in [3.8, 4) is 0 Å². The van der Waals surface area contributed by atoms with Gasteiger partial charge in [0.15, 0.2) is 6.79 Å². The largest absolute Gasteiger partial charge is 0.478 e. The number of carbonyl (C=O) groups is 1. The van der Waals surface area contributed by atoms with E-state index in [1.807, 2.05) is 0 Å². The fourth-order valence-corrected chi connectivity index (χ4v) is 0.149. The summed E-state index contributed by atoms with van der Waals surface area (Å²) in [4.78, 5) is 9.63. The molecule has 0 aromatic carbocycles. The van der Waals surface area contributed by atoms with Crippen molar-refractivity contribution in [3.05, 3.63) is 12.3 Å². The van der Waals surface area contributed by atoms with Gasteiger partial charge in [-0.3, -0.25) is 0 Å². The van der Waals surface area contributed by atoms with E-state index in [1.54, 1.807) is 0 Å². The molecule has 0 aromatic rings. The molecular formula is C4H6O4. The van der Waals surface area contributed by atoms with Crippen molar-refractivity contribution in [2.75, 3.05) is 6.79 Å². The summed E-state index contributed by atoms with van der Waals surface area (Å²) in [5.41, 5.74) is 0. The van der Waals surface area contributed by atoms with Crippen LogP contribution < -0.4 is 0 Å². The molecule has 0 fully saturated rings. The summed E-state index contributed by atoms with van der Waals surface area (Å²) in [7, 11) is 0. The van der Waals surface area contributed by atoms with Crippen molar-refractivity contribution in [2.24, 2.45) is 0 Å². The third kappa shape index (κ3) is 4.97. The minimum Gasteiger partial charge on any atom is -0.478 e. The Morgan fingerprint density at radius 3 is 2.75 bits per heavy atom. The topological polar surface area (TPSA) is 66.8 Å². The Morgan fingerprint density at radius 1 is 1.75 bits per heavy atom. The van der Waals surface area contributed by atoms with Crippen molar-refractivity contribution >= 4 is 5.97 Å². The first kappa shape index (κ1) is 6.97. The minimum absolute atomic E-state index is 0.496. The quantitative estimate of drug-likeness (QED) is 0.299. The molecule has 0 heterocycles. The van der Waals surface area contributed by atoms with Crippen LogP contribution in [0.15, 0.2) is 12.3 Å². The Bertz CT molecular complexity index is 96.2. The van der Waals surface area contributed by atoms with Gasteiger partial charge in [-0.05, 0) is 0 Å². The van der Waals surface area contributed by atoms with Crippen LogP contribution in [0, 0.1) is 0 Å². The molecule has 0 aliphatic carbocycles. The molecule has 0 aliphatic rings. The zero-order valence-corrected chi connectivity index (χ0v) is 4.07. The smallest absolute Gasteiger partial charge is 0.331 e. The van der Waals surface area contributed by atoms with E-state index in [2.05, 4.69) is 4.74 Å². The average Bonchev–Trinajstić information content (AvgIpc) is 1.66. The molecule has 0 atom stereocenters. The minimum atomic E-state index is -1.10. The summed E-state index contributed by atoms with van der Waals surface area (Å²) in [6, 6.07) is 0. The lowest BCUT2D eigenvalue weighted by molar-refractivity contribution is -0.131. The molecule has 4 heteroatoms. The van der Waals surface area contributed by atoms with Crippen molar-refractivity contribution in [1.82, 2.24) is 0 Å². The SMILES string of the molecule is O=C(O)C=COCO. The van der Waals surface area contributed by atoms with Gasteiger partial charge in [0.05, 0.1) is 12.3 Å². The normalized spacial score (nSPS) is 9.62. The molecule has 2 N–H and O–H groups in total. The lowest BCUT2D eigenvalue weighted by Crippen LogP contribution is -1.88. The second-order valence-electron chi connectivity index (χ2n) is 0.937. The van der Waals surface area contributed by atoms with Gasteiger partial charge >= 0.3 is 5.97 Å². The van der Waals surface area contributed by atoms with Crippen LogP contribution in [0.5, 0.6) is 0 Å². The zero-order valence-electron chi connectivity index (χ0n) is 4.07. The summed E-state index contributed by atoms with van der Waals surface area (Å²) < 4.78 is 4.14. The summed E-state index contributed by atoms with van der Waals surface area (Å²) in [5, 5.41) is 15.8. The molecule has 0 bridgehead atoms. The van der Waals surface area contributed by atoms with Crippen molar-refractivity contribution in [1.29, 1.82) is 0 Å². The van der Waals surface area contributed by atoms with E-state index in [1.165, 1.54) is 0 Å². The van der Waals surface area contributed by atoms with E-state index in [9.17, 15) is 4.79 Å². The maximum Gasteiger partial charge on any atom is 0.331 e. The van der Waals surface area contributed by atoms with Crippen LogP contribution >= 0.6 is 0 Å². The Kier molecular flexibility index (Phi) is 3.60. The van der Waals surface area contributed by atoms with Gasteiger partial charge in [0.1, 0.15) is 0 Å². The van der Waals surface area contributed by atoms with Gasteiger partial charge in [0.25, 0.3) is 0 Å². The third-order valence-electron chi connectivity index (χ3n) is 0.381. The number of hydrogen-bond donors (Lipinski definition) is 2. The number of rotatable bonds is 3. The molecule has 0 aromatic heterocycles. The van der Waals surface area contributed by atoms with Gasteiger partial charge in [-0.15, -0.1) is 0 Å². The highest BCUT2D eigenvalue weighted by Crippen LogP contribution is 1.73. The van der Waals surface area contributed by atoms with Crippen LogP contribution in [-0.2, 0) is 9.53 Å². The average molecular weight is 118 g/mol. The summed E-state index contributed by atoms with van der Waals surface area (Å²) in [6.45, 7) is -0.496. The van der Waals surface area contributed by atoms with Gasteiger partial charge in [-0.25, -0.2) is 4.79 Å². The molecule has 0 unspecified atom stereocenters. The van der Waals surface area contributed by atoms with Crippen LogP contribution in [0.3, 0.4) is 0 Å². The first-order valence-corrected chi connectivity index (χ1v) is 1.89. The van der Waals surface area contributed by atoms with E-state index in [-0.39, 0.29) is 0 Å². The first-order chi connectivity index (χ1) is 3.77. The summed E-state index contributed by atoms with van der Waals surface area (Å²) in [6.07, 6.45) is 1.69. The lowest BCUT2D eigenvalue weighted by Gasteiger charge is -1.87. The first-order valence-electron chi connectivity index (χ1n) is 1.89. The molecule has 4 nitrogen and oxygen atoms in total. The Hall–Kier alpha value is -1.03. The predicted octanol–water partition coefficient (Wildman–Crippen LogP) is -0.449. The standard InChI is InChI=1S/C4H6O4/c5-3-8-2-1-4(6)7/h1-2,5H,3H2,(H,6,7). The highest BCUT2D eigenvalue weighted by atomic mass is 16.6. The number of aliphatic hydroxyl groups is 1. The van der Waals surface area contributed by atoms with Gasteiger partial charge in [-0.2, -0.15) is 0 Å². The molecule has 0 amide bonds. The second-order valence-corrected chi connectivity index (χ2v) is 0.937. The molecule has 0 rings (SSSR count). The number of hydrogen-bond acceptors (Lipinski definition) is 3. The number of aliphatic carboxylic acids is 1. The highest BCUT2D eigenvalue weighted by molar-refractivity contribution is 5.79. The van der Waals surface area contributed by atoms with Crippen LogP contribution in [-0.4, -0.2) is 23.0 Å². The van der Waals surface area contributed by atoms with Crippen LogP contribution in [0.4, 0.5) is 0 Å². The van der Waals surface area contributed by atoms with E-state index in [4.69, 9.17) is 10.2 Å². The molecule has 8 heavy (non-hydrogen) atoms. The fourth-order valence-electron chi connectivity index (χ4n) is 0.149. The molecule has 46 valence electrons. The van der Waals surface area contributed by atoms with Crippen molar-refractivity contribution in [3.63, 3.8) is 0 Å². The molecule has 0 spiro atoms. The molecule has 0 saturated carbocycles. The third-order valence-corrected chi connectivity index (χ3v) is 0.381. The Labute approximate surface area is 46.0 Å². The van der Waals surface area contributed by atoms with Crippen molar-refractivity contribution in [2.45, 2.75) is 0 Å². The molecular weight excluding hydrogens is 112 g/mol. The summed E-state index contributed by atoms with van der Waals surface area (Å²) >= 11 is 0. The van der Waals surface area contributed by atoms with E-state index < -0.39 is 12.8 Å². The highest BCUT2D eigenvalue weighted by Gasteiger charge is 1.81.